The lowest BCUT2D eigenvalue weighted by molar-refractivity contribution is -0.385. The fraction of sp³-hybridized carbons (Fsp3) is 0.0769. The molecular weight excluding hydrogens is 360 g/mol. The van der Waals surface area contributed by atoms with Crippen LogP contribution in [-0.2, 0) is 15.6 Å². The number of nitrogens with zero attached hydrogens (tertiary/aromatic N) is 1. The normalized spacial score (nSPS) is 11.3. The molecule has 2 rings (SSSR count). The highest BCUT2D eigenvalue weighted by molar-refractivity contribution is 9.10. The van der Waals surface area contributed by atoms with Gasteiger partial charge in [0.1, 0.15) is 0 Å². The quantitative estimate of drug-likeness (QED) is 0.506. The number of rotatable bonds is 4. The molecule has 0 bridgehead atoms. The van der Waals surface area contributed by atoms with Gasteiger partial charge >= 0.3 is 0 Å². The first-order valence-electron chi connectivity index (χ1n) is 5.81. The zero-order valence-electron chi connectivity index (χ0n) is 10.7. The number of nitro benzene ring substituents is 1. The van der Waals surface area contributed by atoms with Crippen LogP contribution < -0.4 is 5.73 Å². The average molecular weight is 371 g/mol. The van der Waals surface area contributed by atoms with Gasteiger partial charge in [0.25, 0.3) is 5.69 Å². The number of nitrogens with two attached hydrogens (primary N) is 1. The molecule has 0 spiro atoms. The van der Waals surface area contributed by atoms with Gasteiger partial charge in [-0.25, -0.2) is 8.42 Å². The smallest absolute Gasteiger partial charge is 0.274 e. The van der Waals surface area contributed by atoms with E-state index >= 15 is 0 Å². The van der Waals surface area contributed by atoms with E-state index in [2.05, 4.69) is 15.9 Å². The van der Waals surface area contributed by atoms with E-state index in [0.717, 1.165) is 0 Å². The van der Waals surface area contributed by atoms with E-state index in [0.29, 0.717) is 10.2 Å². The maximum absolute atomic E-state index is 12.3. The summed E-state index contributed by atoms with van der Waals surface area (Å²) in [5, 5.41) is 11.0. The Morgan fingerprint density at radius 3 is 2.33 bits per heavy atom. The number of nitrogen functional groups attached to an aromatic ring is 1. The van der Waals surface area contributed by atoms with Crippen molar-refractivity contribution in [3.8, 4) is 0 Å². The third-order valence-electron chi connectivity index (χ3n) is 2.83. The van der Waals surface area contributed by atoms with Crippen molar-refractivity contribution < 1.29 is 13.3 Å². The largest absolute Gasteiger partial charge is 0.399 e. The Hall–Kier alpha value is -1.93. The van der Waals surface area contributed by atoms with Gasteiger partial charge in [-0.05, 0) is 30.3 Å². The first kappa shape index (κ1) is 15.5. The highest BCUT2D eigenvalue weighted by atomic mass is 79.9. The molecule has 2 aromatic carbocycles. The fourth-order valence-electron chi connectivity index (χ4n) is 1.79. The van der Waals surface area contributed by atoms with Crippen LogP contribution in [0.3, 0.4) is 0 Å². The molecule has 0 aliphatic carbocycles. The lowest BCUT2D eigenvalue weighted by Crippen LogP contribution is -2.07. The summed E-state index contributed by atoms with van der Waals surface area (Å²) in [6, 6.07) is 10.0. The van der Waals surface area contributed by atoms with Gasteiger partial charge in [0.15, 0.2) is 9.84 Å². The van der Waals surface area contributed by atoms with Crippen LogP contribution in [0.5, 0.6) is 0 Å². The Balaban J connectivity index is 2.41. The molecule has 0 radical (unpaired) electrons. The molecular formula is C13H11BrN2O4S. The molecule has 2 N–H and O–H groups in total. The Bertz CT molecular complexity index is 788. The third kappa shape index (κ3) is 3.59. The number of hydrogen-bond donors (Lipinski definition) is 1. The molecule has 0 unspecified atom stereocenters. The Morgan fingerprint density at radius 1 is 1.14 bits per heavy atom. The van der Waals surface area contributed by atoms with Gasteiger partial charge < -0.3 is 5.73 Å². The number of nitro groups is 1. The van der Waals surface area contributed by atoms with Crippen LogP contribution in [0.2, 0.25) is 0 Å². The van der Waals surface area contributed by atoms with Crippen molar-refractivity contribution in [3.63, 3.8) is 0 Å². The molecule has 0 aliphatic rings. The first-order valence-corrected chi connectivity index (χ1v) is 8.25. The number of sulfone groups is 1. The summed E-state index contributed by atoms with van der Waals surface area (Å²) < 4.78 is 25.1. The van der Waals surface area contributed by atoms with E-state index in [-0.39, 0.29) is 16.1 Å². The second-order valence-corrected chi connectivity index (χ2v) is 7.26. The van der Waals surface area contributed by atoms with Crippen molar-refractivity contribution in [1.29, 1.82) is 0 Å². The average Bonchev–Trinajstić information content (AvgIpc) is 2.41. The second-order valence-electron chi connectivity index (χ2n) is 4.36. The number of benzene rings is 2. The molecule has 21 heavy (non-hydrogen) atoms. The van der Waals surface area contributed by atoms with Crippen LogP contribution in [0.4, 0.5) is 11.4 Å². The number of halogens is 1. The molecule has 110 valence electrons. The van der Waals surface area contributed by atoms with Crippen LogP contribution in [0.25, 0.3) is 0 Å². The summed E-state index contributed by atoms with van der Waals surface area (Å²) >= 11 is 3.13. The predicted octanol–water partition coefficient (Wildman–Crippen LogP) is 2.91. The summed E-state index contributed by atoms with van der Waals surface area (Å²) in [5.41, 5.74) is 5.87. The van der Waals surface area contributed by atoms with Crippen molar-refractivity contribution >= 4 is 37.1 Å². The van der Waals surface area contributed by atoms with Gasteiger partial charge in [0.2, 0.25) is 0 Å². The maximum Gasteiger partial charge on any atom is 0.274 e. The van der Waals surface area contributed by atoms with E-state index in [1.807, 2.05) is 0 Å². The number of hydrogen-bond acceptors (Lipinski definition) is 5. The number of anilines is 1. The van der Waals surface area contributed by atoms with Gasteiger partial charge in [-0.15, -0.1) is 0 Å². The van der Waals surface area contributed by atoms with E-state index in [4.69, 9.17) is 5.73 Å². The molecule has 0 saturated heterocycles. The summed E-state index contributed by atoms with van der Waals surface area (Å²) in [4.78, 5) is 10.5. The summed E-state index contributed by atoms with van der Waals surface area (Å²) in [5.74, 6) is -0.444. The highest BCUT2D eigenvalue weighted by Crippen LogP contribution is 2.27. The molecule has 0 atom stereocenters. The molecule has 0 aliphatic heterocycles. The summed E-state index contributed by atoms with van der Waals surface area (Å²) in [7, 11) is -3.67. The van der Waals surface area contributed by atoms with Gasteiger partial charge in [-0.1, -0.05) is 22.0 Å². The van der Waals surface area contributed by atoms with Crippen molar-refractivity contribution in [2.24, 2.45) is 0 Å². The Morgan fingerprint density at radius 2 is 1.76 bits per heavy atom. The molecule has 0 fully saturated rings. The standard InChI is InChI=1S/C13H11BrN2O4S/c14-10-2-1-9(13(7-10)16(17)18)8-21(19,20)12-5-3-11(15)4-6-12/h1-7H,8,15H2. The zero-order valence-corrected chi connectivity index (χ0v) is 13.1. The second kappa shape index (κ2) is 5.82. The molecule has 0 amide bonds. The molecule has 0 aromatic heterocycles. The molecule has 6 nitrogen and oxygen atoms in total. The van der Waals surface area contributed by atoms with Crippen molar-refractivity contribution in [2.45, 2.75) is 10.6 Å². The summed E-state index contributed by atoms with van der Waals surface area (Å²) in [6.45, 7) is 0. The minimum Gasteiger partial charge on any atom is -0.399 e. The Kier molecular flexibility index (Phi) is 4.29. The minimum absolute atomic E-state index is 0.0777. The molecule has 8 heteroatoms. The topological polar surface area (TPSA) is 103 Å². The fourth-order valence-corrected chi connectivity index (χ4v) is 3.51. The van der Waals surface area contributed by atoms with E-state index < -0.39 is 20.5 Å². The van der Waals surface area contributed by atoms with Gasteiger partial charge in [-0.2, -0.15) is 0 Å². The van der Waals surface area contributed by atoms with Crippen LogP contribution in [0.1, 0.15) is 5.56 Å². The third-order valence-corrected chi connectivity index (χ3v) is 5.00. The van der Waals surface area contributed by atoms with Crippen LogP contribution >= 0.6 is 15.9 Å². The summed E-state index contributed by atoms with van der Waals surface area (Å²) in [6.07, 6.45) is 0. The van der Waals surface area contributed by atoms with E-state index in [9.17, 15) is 18.5 Å². The molecule has 0 saturated carbocycles. The van der Waals surface area contributed by atoms with Crippen LogP contribution in [-0.4, -0.2) is 13.3 Å². The lowest BCUT2D eigenvalue weighted by Gasteiger charge is -2.06. The molecule has 0 heterocycles. The lowest BCUT2D eigenvalue weighted by atomic mass is 10.2. The van der Waals surface area contributed by atoms with Crippen molar-refractivity contribution in [1.82, 2.24) is 0 Å². The van der Waals surface area contributed by atoms with Crippen molar-refractivity contribution in [3.05, 3.63) is 62.6 Å². The van der Waals surface area contributed by atoms with Crippen molar-refractivity contribution in [2.75, 3.05) is 5.73 Å². The monoisotopic (exact) mass is 370 g/mol. The predicted molar refractivity (Wildman–Crippen MR) is 82.5 cm³/mol. The minimum atomic E-state index is -3.67. The SMILES string of the molecule is Nc1ccc(S(=O)(=O)Cc2ccc(Br)cc2[N+](=O)[O-])cc1. The van der Waals surface area contributed by atoms with E-state index in [1.54, 1.807) is 6.07 Å². The highest BCUT2D eigenvalue weighted by Gasteiger charge is 2.22. The van der Waals surface area contributed by atoms with Gasteiger partial charge in [0.05, 0.1) is 15.6 Å². The van der Waals surface area contributed by atoms with E-state index in [1.165, 1.54) is 36.4 Å². The van der Waals surface area contributed by atoms with Gasteiger partial charge in [-0.3, -0.25) is 10.1 Å². The zero-order chi connectivity index (χ0) is 15.6. The van der Waals surface area contributed by atoms with Crippen LogP contribution in [0.15, 0.2) is 51.8 Å². The van der Waals surface area contributed by atoms with Crippen LogP contribution in [0, 0.1) is 10.1 Å². The maximum atomic E-state index is 12.3. The molecule has 2 aromatic rings. The van der Waals surface area contributed by atoms with Gasteiger partial charge in [0, 0.05) is 21.8 Å². The Labute approximate surface area is 129 Å². The first-order chi connectivity index (χ1) is 9.79.